The van der Waals surface area contributed by atoms with Gasteiger partial charge in [-0.15, -0.1) is 21.5 Å². The average Bonchev–Trinajstić information content (AvgIpc) is 2.29. The molecule has 0 bridgehead atoms. The third-order valence-corrected chi connectivity index (χ3v) is 12.0. The molecule has 0 N–H and O–H groups in total. The molecule has 0 atom stereocenters. The van der Waals surface area contributed by atoms with Gasteiger partial charge in [0.05, 0.1) is 0 Å². The van der Waals surface area contributed by atoms with Crippen LogP contribution in [0, 0.1) is 0 Å². The summed E-state index contributed by atoms with van der Waals surface area (Å²) in [6.45, 7) is 0. The van der Waals surface area contributed by atoms with Crippen LogP contribution in [0.25, 0.3) is 0 Å². The van der Waals surface area contributed by atoms with Crippen molar-refractivity contribution >= 4 is 94.5 Å². The Morgan fingerprint density at radius 1 is 0.800 bits per heavy atom. The third kappa shape index (κ3) is 43.0. The first kappa shape index (κ1) is 34.8. The minimum atomic E-state index is -0.722. The second kappa shape index (κ2) is 27.4. The molecule has 2 nitrogen and oxygen atoms in total. The summed E-state index contributed by atoms with van der Waals surface area (Å²) < 4.78 is 12.2. The first-order chi connectivity index (χ1) is 8.29. The maximum absolute atomic E-state index is 5.73. The summed E-state index contributed by atoms with van der Waals surface area (Å²) in [5.74, 6) is 16.1. The van der Waals surface area contributed by atoms with Crippen molar-refractivity contribution in [3.63, 3.8) is 0 Å². The van der Waals surface area contributed by atoms with Gasteiger partial charge in [-0.05, 0) is 5.47 Å². The van der Waals surface area contributed by atoms with Crippen LogP contribution < -0.4 is 0 Å². The zero-order valence-electron chi connectivity index (χ0n) is 13.3. The third-order valence-electron chi connectivity index (χ3n) is 2.06. The van der Waals surface area contributed by atoms with E-state index in [1.807, 2.05) is 0 Å². The SMILES string of the molecule is C.C.C[O][Al]([CH3])[CH3].II.[CH3][Al]([CH3])[CH2][Al]([CH3])[CH2][O][Al]([CH3])[CH3]. The summed E-state index contributed by atoms with van der Waals surface area (Å²) in [5.41, 5.74) is 1.15. The molecular formula is C12H36Al4I2O2. The van der Waals surface area contributed by atoms with Crippen LogP contribution >= 0.6 is 37.2 Å². The lowest BCUT2D eigenvalue weighted by Crippen LogP contribution is -2.25. The fraction of sp³-hybridized carbons (Fsp3) is 1.00. The zero-order chi connectivity index (χ0) is 15.1. The molecule has 0 heterocycles. The van der Waals surface area contributed by atoms with E-state index in [2.05, 4.69) is 77.7 Å². The molecule has 0 aromatic heterocycles. The highest BCUT2D eigenvalue weighted by atomic mass is 128. The van der Waals surface area contributed by atoms with E-state index < -0.39 is 43.1 Å². The Morgan fingerprint density at radius 3 is 1.35 bits per heavy atom. The van der Waals surface area contributed by atoms with Crippen LogP contribution in [-0.4, -0.2) is 69.8 Å². The van der Waals surface area contributed by atoms with Gasteiger partial charge in [-0.3, -0.25) is 0 Å². The Balaban J connectivity index is -0.0000000717. The van der Waals surface area contributed by atoms with Crippen molar-refractivity contribution in [2.75, 3.05) is 12.6 Å². The fourth-order valence-electron chi connectivity index (χ4n) is 1.23. The standard InChI is InChI=1S/CH3O.CH2O.2CH4.7CH3.CH2.4Al.I2/c2*1-2;;;;;;;;;;;;;;;1-2/h1H3;1H2;2*1H4;7*1H3;1H2;;;;;/q2*-1;;;;;;;;;;;;;2*+1;. The monoisotopic (exact) mass is 574 g/mol. The van der Waals surface area contributed by atoms with E-state index in [1.54, 1.807) is 11.3 Å². The van der Waals surface area contributed by atoms with Crippen molar-refractivity contribution in [1.29, 1.82) is 0 Å². The van der Waals surface area contributed by atoms with Crippen molar-refractivity contribution < 1.29 is 7.58 Å². The second-order valence-corrected chi connectivity index (χ2v) is 17.6. The highest BCUT2D eigenvalue weighted by Crippen LogP contribution is 1.98. The van der Waals surface area contributed by atoms with Crippen LogP contribution in [0.15, 0.2) is 0 Å². The van der Waals surface area contributed by atoms with E-state index in [4.69, 9.17) is 7.58 Å². The van der Waals surface area contributed by atoms with Gasteiger partial charge in [0.1, 0.15) is 0 Å². The smallest absolute Gasteiger partial charge is 0.453 e. The van der Waals surface area contributed by atoms with Gasteiger partial charge in [0.25, 0.3) is 14.1 Å². The maximum Gasteiger partial charge on any atom is 0.453 e. The molecule has 0 unspecified atom stereocenters. The highest BCUT2D eigenvalue weighted by molar-refractivity contribution is 15.0. The Morgan fingerprint density at radius 2 is 1.15 bits per heavy atom. The average molecular weight is 574 g/mol. The molecule has 0 rings (SSSR count). The van der Waals surface area contributed by atoms with Crippen molar-refractivity contribution in [2.24, 2.45) is 0 Å². The number of rotatable bonds is 6. The van der Waals surface area contributed by atoms with Gasteiger partial charge in [0.15, 0.2) is 0 Å². The molecule has 0 aromatic carbocycles. The lowest BCUT2D eigenvalue weighted by atomic mass is 11.7. The minimum absolute atomic E-state index is 0. The molecule has 0 aliphatic rings. The van der Waals surface area contributed by atoms with E-state index in [1.165, 1.54) is 0 Å². The Labute approximate surface area is 171 Å². The number of hydrogen-bond donors (Lipinski definition) is 0. The van der Waals surface area contributed by atoms with Crippen LogP contribution in [0.3, 0.4) is 0 Å². The van der Waals surface area contributed by atoms with Gasteiger partial charge < -0.3 is 7.58 Å². The van der Waals surface area contributed by atoms with Gasteiger partial charge in [0, 0.05) is 44.3 Å². The van der Waals surface area contributed by atoms with E-state index in [-0.39, 0.29) is 29.0 Å². The quantitative estimate of drug-likeness (QED) is 0.281. The molecular weight excluding hydrogens is 538 g/mol. The van der Waals surface area contributed by atoms with Crippen molar-refractivity contribution in [3.8, 4) is 0 Å². The lowest BCUT2D eigenvalue weighted by molar-refractivity contribution is 0.394. The van der Waals surface area contributed by atoms with Crippen LogP contribution in [0.4, 0.5) is 0 Å². The summed E-state index contributed by atoms with van der Waals surface area (Å²) in [5, 5.41) is 0. The molecule has 8 heteroatoms. The lowest BCUT2D eigenvalue weighted by Gasteiger charge is -2.09. The maximum atomic E-state index is 5.73. The van der Waals surface area contributed by atoms with E-state index in [0.29, 0.717) is 0 Å². The summed E-state index contributed by atoms with van der Waals surface area (Å²) in [6, 6.07) is 0. The van der Waals surface area contributed by atoms with Gasteiger partial charge in [-0.2, -0.15) is 0 Å². The number of halogens is 2. The zero-order valence-corrected chi connectivity index (χ0v) is 22.2. The van der Waals surface area contributed by atoms with Gasteiger partial charge in [-0.25, -0.2) is 0 Å². The minimum Gasteiger partial charge on any atom is -0.513 e. The molecule has 0 amide bonds. The highest BCUT2D eigenvalue weighted by Gasteiger charge is 2.16. The van der Waals surface area contributed by atoms with Crippen LogP contribution in [0.5, 0.6) is 0 Å². The molecule has 0 aliphatic carbocycles. The normalized spacial score (nSPS) is 7.50. The Bertz CT molecular complexity index is 153. The molecule has 122 valence electrons. The van der Waals surface area contributed by atoms with Crippen LogP contribution in [-0.2, 0) is 7.58 Å². The number of hydrogen-bond acceptors (Lipinski definition) is 2. The van der Waals surface area contributed by atoms with E-state index in [0.717, 1.165) is 5.47 Å². The van der Waals surface area contributed by atoms with E-state index in [9.17, 15) is 0 Å². The predicted octanol–water partition coefficient (Wildman–Crippen LogP) is 6.14. The fourth-order valence-corrected chi connectivity index (χ4v) is 11.1. The van der Waals surface area contributed by atoms with Crippen molar-refractivity contribution in [1.82, 2.24) is 0 Å². The largest absolute Gasteiger partial charge is 0.513 e. The molecule has 0 spiro atoms. The Kier molecular flexibility index (Phi) is 47.6. The molecule has 0 aromatic rings. The van der Waals surface area contributed by atoms with Gasteiger partial charge in [-0.1, -0.05) is 38.0 Å². The predicted molar refractivity (Wildman–Crippen MR) is 123 cm³/mol. The topological polar surface area (TPSA) is 18.5 Å². The summed E-state index contributed by atoms with van der Waals surface area (Å²) in [7, 11) is 1.76. The Hall–Kier alpha value is 3.51. The molecule has 20 heavy (non-hydrogen) atoms. The molecule has 0 radical (unpaired) electrons. The van der Waals surface area contributed by atoms with Crippen molar-refractivity contribution in [3.05, 3.63) is 0 Å². The van der Waals surface area contributed by atoms with E-state index >= 15 is 0 Å². The van der Waals surface area contributed by atoms with Gasteiger partial charge >= 0.3 is 29.0 Å². The summed E-state index contributed by atoms with van der Waals surface area (Å²) in [4.78, 5) is 0. The van der Waals surface area contributed by atoms with Gasteiger partial charge in [0.2, 0.25) is 14.1 Å². The molecule has 0 saturated carbocycles. The first-order valence-electron chi connectivity index (χ1n) is 6.58. The first-order valence-corrected chi connectivity index (χ1v) is 24.3. The summed E-state index contributed by atoms with van der Waals surface area (Å²) in [6.07, 6.45) is 0. The van der Waals surface area contributed by atoms with Crippen LogP contribution in [0.2, 0.25) is 44.6 Å². The molecule has 0 fully saturated rings. The van der Waals surface area contributed by atoms with Crippen molar-refractivity contribution in [2.45, 2.75) is 59.5 Å². The molecule has 0 aliphatic heterocycles. The summed E-state index contributed by atoms with van der Waals surface area (Å²) >= 11 is 2.13. The van der Waals surface area contributed by atoms with Crippen LogP contribution in [0.1, 0.15) is 14.9 Å². The molecule has 0 saturated heterocycles. The second-order valence-electron chi connectivity index (χ2n) is 5.40.